The molecule has 10 N–H and O–H groups in total. The van der Waals surface area contributed by atoms with Gasteiger partial charge in [-0.25, -0.2) is 9.98 Å². The average molecular weight is 749 g/mol. The van der Waals surface area contributed by atoms with Crippen molar-refractivity contribution in [1.29, 1.82) is 0 Å². The Balaban J connectivity index is 0.863. The van der Waals surface area contributed by atoms with Crippen LogP contribution in [0, 0.1) is 6.92 Å². The van der Waals surface area contributed by atoms with Gasteiger partial charge in [0.25, 0.3) is 0 Å². The quantitative estimate of drug-likeness (QED) is 0.0139. The number of para-hydroxylation sites is 2. The van der Waals surface area contributed by atoms with Gasteiger partial charge in [-0.2, -0.15) is 0 Å². The summed E-state index contributed by atoms with van der Waals surface area (Å²) < 4.78 is 2.17. The van der Waals surface area contributed by atoms with E-state index < -0.39 is 0 Å². The third-order valence-corrected chi connectivity index (χ3v) is 10.3. The van der Waals surface area contributed by atoms with E-state index in [2.05, 4.69) is 65.5 Å². The third-order valence-electron chi connectivity index (χ3n) is 10.3. The molecule has 1 aliphatic rings. The molecule has 10 heteroatoms. The molecule has 1 heterocycles. The maximum Gasteiger partial charge on any atom is 0.239 e. The highest BCUT2D eigenvalue weighted by molar-refractivity contribution is 6.00. The molecule has 5 aromatic carbocycles. The van der Waals surface area contributed by atoms with Crippen LogP contribution in [0.4, 0.5) is 34.1 Å². The monoisotopic (exact) mass is 748 g/mol. The van der Waals surface area contributed by atoms with Crippen molar-refractivity contribution in [3.8, 4) is 17.2 Å². The van der Waals surface area contributed by atoms with E-state index in [9.17, 15) is 10.2 Å². The van der Waals surface area contributed by atoms with Crippen LogP contribution in [0.25, 0.3) is 27.8 Å². The number of nitrogen functional groups attached to an aromatic ring is 2. The van der Waals surface area contributed by atoms with Gasteiger partial charge in [0.2, 0.25) is 16.7 Å². The Morgan fingerprint density at radius 3 is 2.09 bits per heavy atom. The second-order valence-electron chi connectivity index (χ2n) is 14.6. The van der Waals surface area contributed by atoms with E-state index in [4.69, 9.17) is 21.4 Å². The number of hydrogen-bond acceptors (Lipinski definition) is 8. The molecule has 10 nitrogen and oxygen atoms in total. The number of aryl methyl sites for hydroxylation is 1. The lowest BCUT2D eigenvalue weighted by molar-refractivity contribution is -0.538. The predicted octanol–water partition coefficient (Wildman–Crippen LogP) is 8.42. The van der Waals surface area contributed by atoms with E-state index in [0.717, 1.165) is 87.8 Å². The lowest BCUT2D eigenvalue weighted by Gasteiger charge is -2.17. The van der Waals surface area contributed by atoms with Crippen LogP contribution < -0.4 is 32.0 Å². The summed E-state index contributed by atoms with van der Waals surface area (Å²) in [5, 5.41) is 30.0. The Morgan fingerprint density at radius 2 is 1.36 bits per heavy atom. The van der Waals surface area contributed by atoms with Crippen LogP contribution in [0.15, 0.2) is 125 Å². The molecular formula is C46H52N8O2+2. The number of nitrogens with one attached hydrogen (secondary N) is 2. The summed E-state index contributed by atoms with van der Waals surface area (Å²) in [6.45, 7) is 6.06. The Labute approximate surface area is 328 Å². The molecule has 1 aliphatic carbocycles. The summed E-state index contributed by atoms with van der Waals surface area (Å²) in [5.41, 5.74) is 25.3. The number of phenols is 2. The fourth-order valence-electron chi connectivity index (χ4n) is 7.26. The van der Waals surface area contributed by atoms with Crippen molar-refractivity contribution < 1.29 is 20.1 Å². The van der Waals surface area contributed by atoms with Crippen LogP contribution in [0.1, 0.15) is 57.4 Å². The normalized spacial score (nSPS) is 13.6. The van der Waals surface area contributed by atoms with Gasteiger partial charge in [0.15, 0.2) is 5.69 Å². The predicted molar refractivity (Wildman–Crippen MR) is 230 cm³/mol. The van der Waals surface area contributed by atoms with E-state index >= 15 is 0 Å². The van der Waals surface area contributed by atoms with Crippen molar-refractivity contribution in [1.82, 2.24) is 10.3 Å². The van der Waals surface area contributed by atoms with Crippen molar-refractivity contribution in [2.75, 3.05) is 29.9 Å². The van der Waals surface area contributed by atoms with Crippen molar-refractivity contribution >= 4 is 61.9 Å². The van der Waals surface area contributed by atoms with Crippen molar-refractivity contribution in [2.45, 2.75) is 58.8 Å². The minimum atomic E-state index is 0.0358. The minimum Gasteiger partial charge on any atom is -0.506 e. The number of nitrogens with two attached hydrogens (primary N) is 3. The minimum absolute atomic E-state index is 0.0358. The second-order valence-corrected chi connectivity index (χ2v) is 14.6. The number of aromatic nitrogens is 2. The van der Waals surface area contributed by atoms with Crippen molar-refractivity contribution in [3.63, 3.8) is 0 Å². The maximum atomic E-state index is 10.3. The topological polar surface area (TPSA) is 162 Å². The molecule has 6 aromatic rings. The summed E-state index contributed by atoms with van der Waals surface area (Å²) in [6.07, 6.45) is 12.1. The maximum absolute atomic E-state index is 10.3. The first-order valence-corrected chi connectivity index (χ1v) is 19.5. The molecule has 1 aromatic heterocycles. The van der Waals surface area contributed by atoms with Crippen molar-refractivity contribution in [2.24, 2.45) is 4.99 Å². The fraction of sp³-hybridized carbons (Fsp3) is 0.239. The van der Waals surface area contributed by atoms with E-state index in [1.54, 1.807) is 24.3 Å². The van der Waals surface area contributed by atoms with Gasteiger partial charge in [-0.05, 0) is 62.1 Å². The first-order chi connectivity index (χ1) is 27.2. The number of rotatable bonds is 15. The molecule has 0 atom stereocenters. The zero-order valence-electron chi connectivity index (χ0n) is 32.2. The summed E-state index contributed by atoms with van der Waals surface area (Å²) >= 11 is 0. The number of benzene rings is 5. The molecule has 0 fully saturated rings. The van der Waals surface area contributed by atoms with Crippen LogP contribution in [0.5, 0.6) is 11.5 Å². The molecule has 0 amide bonds. The van der Waals surface area contributed by atoms with Gasteiger partial charge in [-0.1, -0.05) is 68.2 Å². The highest BCUT2D eigenvalue weighted by Crippen LogP contribution is 2.33. The zero-order chi connectivity index (χ0) is 39.0. The summed E-state index contributed by atoms with van der Waals surface area (Å²) in [4.78, 5) is 9.81. The number of phenolic OH excluding ortho intramolecular Hbond substituents is 2. The molecule has 56 heavy (non-hydrogen) atoms. The van der Waals surface area contributed by atoms with Crippen LogP contribution in [0.3, 0.4) is 0 Å². The lowest BCUT2D eigenvalue weighted by Crippen LogP contribution is -2.71. The van der Waals surface area contributed by atoms with Gasteiger partial charge >= 0.3 is 0 Å². The molecule has 0 unspecified atom stereocenters. The van der Waals surface area contributed by atoms with Gasteiger partial charge in [-0.15, -0.1) is 4.57 Å². The second kappa shape index (κ2) is 17.4. The SMILES string of the molecule is CC1=CC(=Nc2cc(O)c(N)cc2[NH2+]c2ccccc2)CC=C1NCCCCCCCCNc1cc2c(cc1C)nc1cc(O)c(N)cc1[n+]2-c1ccccc1. The number of aromatic hydroxyl groups is 2. The van der Waals surface area contributed by atoms with Crippen LogP contribution in [-0.4, -0.2) is 34.0 Å². The van der Waals surface area contributed by atoms with Crippen LogP contribution in [0.2, 0.25) is 0 Å². The largest absolute Gasteiger partial charge is 0.506 e. The van der Waals surface area contributed by atoms with Crippen LogP contribution in [-0.2, 0) is 0 Å². The van der Waals surface area contributed by atoms with E-state index in [1.165, 1.54) is 25.7 Å². The molecule has 0 aliphatic heterocycles. The summed E-state index contributed by atoms with van der Waals surface area (Å²) in [7, 11) is 0. The first-order valence-electron chi connectivity index (χ1n) is 19.5. The van der Waals surface area contributed by atoms with Gasteiger partial charge in [0.1, 0.15) is 33.9 Å². The number of anilines is 3. The number of fused-ring (bicyclic) bond motifs is 2. The van der Waals surface area contributed by atoms with Gasteiger partial charge in [0, 0.05) is 79.1 Å². The number of quaternary nitrogens is 1. The lowest BCUT2D eigenvalue weighted by atomic mass is 10.0. The number of nitrogens with zero attached hydrogens (tertiary/aromatic N) is 3. The highest BCUT2D eigenvalue weighted by atomic mass is 16.3. The molecule has 0 spiro atoms. The van der Waals surface area contributed by atoms with Gasteiger partial charge in [-0.3, -0.25) is 5.32 Å². The number of allylic oxidation sites excluding steroid dienone is 3. The Kier molecular flexibility index (Phi) is 11.8. The van der Waals surface area contributed by atoms with E-state index in [-0.39, 0.29) is 11.5 Å². The Hall–Kier alpha value is -6.39. The molecule has 7 rings (SSSR count). The highest BCUT2D eigenvalue weighted by Gasteiger charge is 2.22. The molecular weight excluding hydrogens is 697 g/mol. The fourth-order valence-corrected chi connectivity index (χ4v) is 7.26. The third kappa shape index (κ3) is 8.93. The molecule has 286 valence electrons. The Morgan fingerprint density at radius 1 is 0.732 bits per heavy atom. The molecule has 0 bridgehead atoms. The van der Waals surface area contributed by atoms with Gasteiger partial charge in [0.05, 0.1) is 11.4 Å². The molecule has 0 saturated carbocycles. The number of aliphatic imine (C=N–C) groups is 1. The number of unbranched alkanes of at least 4 members (excludes halogenated alkanes) is 5. The zero-order valence-corrected chi connectivity index (χ0v) is 32.2. The van der Waals surface area contributed by atoms with Crippen LogP contribution >= 0.6 is 0 Å². The van der Waals surface area contributed by atoms with E-state index in [0.29, 0.717) is 29.0 Å². The summed E-state index contributed by atoms with van der Waals surface area (Å²) in [5.74, 6) is 0.0745. The molecule has 0 saturated heterocycles. The summed E-state index contributed by atoms with van der Waals surface area (Å²) in [6, 6.07) is 31.4. The smallest absolute Gasteiger partial charge is 0.239 e. The van der Waals surface area contributed by atoms with Gasteiger partial charge < -0.3 is 32.3 Å². The van der Waals surface area contributed by atoms with E-state index in [1.807, 2.05) is 53.8 Å². The Bertz CT molecular complexity index is 2440. The van der Waals surface area contributed by atoms with Crippen molar-refractivity contribution in [3.05, 3.63) is 126 Å². The first kappa shape index (κ1) is 37.9. The standard InChI is InChI=1S/C46H50N8O2/c1-30-23-33(52-40-28-45(55)35(47)25-39(40)51-32-15-9-7-10-16-32)19-20-37(30)49-21-13-5-3-4-6-14-22-50-38-27-44-41(24-31(38)2)53-42-29-46(56)36(48)26-43(42)54(44)34-17-11-8-12-18-34/h7-12,15-18,20,23-29,49H,3-6,13-14,19,21-22H2,1-2H3,(H7,47,48,50,51,53,55,56)/p+2. The molecule has 0 radical (unpaired) electrons. The number of hydrogen-bond donors (Lipinski definition) is 7. The average Bonchev–Trinajstić information content (AvgIpc) is 3.19.